The van der Waals surface area contributed by atoms with Crippen LogP contribution in [0.25, 0.3) is 0 Å². The Morgan fingerprint density at radius 3 is 2.92 bits per heavy atom. The average molecular weight is 202 g/mol. The first-order valence-electron chi connectivity index (χ1n) is 4.43. The van der Waals surface area contributed by atoms with Crippen molar-refractivity contribution in [3.8, 4) is 0 Å². The fourth-order valence-corrected chi connectivity index (χ4v) is 1.22. The summed E-state index contributed by atoms with van der Waals surface area (Å²) in [6, 6.07) is 4.33. The van der Waals surface area contributed by atoms with Gasteiger partial charge in [-0.15, -0.1) is 0 Å². The van der Waals surface area contributed by atoms with Gasteiger partial charge in [-0.2, -0.15) is 0 Å². The number of benzene rings is 1. The fourth-order valence-electron chi connectivity index (χ4n) is 1.03. The second-order valence-electron chi connectivity index (χ2n) is 2.90. The molecule has 0 spiro atoms. The third-order valence-corrected chi connectivity index (χ3v) is 2.10. The zero-order valence-electron chi connectivity index (χ0n) is 7.61. The summed E-state index contributed by atoms with van der Waals surface area (Å²) in [7, 11) is 0. The monoisotopic (exact) mass is 201 g/mol. The lowest BCUT2D eigenvalue weighted by Gasteiger charge is -2.07. The van der Waals surface area contributed by atoms with Crippen LogP contribution < -0.4 is 5.32 Å². The minimum atomic E-state index is -0.261. The minimum Gasteiger partial charge on any atom is -0.384 e. The zero-order chi connectivity index (χ0) is 9.68. The Morgan fingerprint density at radius 2 is 2.23 bits per heavy atom. The molecule has 1 rings (SSSR count). The van der Waals surface area contributed by atoms with E-state index in [0.29, 0.717) is 10.7 Å². The lowest BCUT2D eigenvalue weighted by molar-refractivity contribution is 0.628. The molecule has 0 saturated carbocycles. The molecule has 1 nitrogen and oxygen atoms in total. The molecule has 1 N–H and O–H groups in total. The van der Waals surface area contributed by atoms with E-state index in [4.69, 9.17) is 11.6 Å². The Labute approximate surface area is 82.9 Å². The Morgan fingerprint density at radius 1 is 1.46 bits per heavy atom. The molecule has 0 aliphatic rings. The first kappa shape index (κ1) is 10.3. The summed E-state index contributed by atoms with van der Waals surface area (Å²) < 4.78 is 12.8. The molecule has 0 radical (unpaired) electrons. The quantitative estimate of drug-likeness (QED) is 0.733. The third kappa shape index (κ3) is 3.23. The molecule has 0 heterocycles. The zero-order valence-corrected chi connectivity index (χ0v) is 8.37. The number of nitrogens with one attached hydrogen (secondary N) is 1. The van der Waals surface area contributed by atoms with Gasteiger partial charge in [0.15, 0.2) is 0 Å². The molecule has 13 heavy (non-hydrogen) atoms. The highest BCUT2D eigenvalue weighted by molar-refractivity contribution is 6.33. The van der Waals surface area contributed by atoms with E-state index in [1.54, 1.807) is 6.07 Å². The van der Waals surface area contributed by atoms with E-state index in [2.05, 4.69) is 12.2 Å². The first-order valence-corrected chi connectivity index (χ1v) is 4.80. The van der Waals surface area contributed by atoms with E-state index in [-0.39, 0.29) is 5.82 Å². The normalized spacial score (nSPS) is 10.1. The van der Waals surface area contributed by atoms with Gasteiger partial charge < -0.3 is 5.32 Å². The molecule has 0 unspecified atom stereocenters. The van der Waals surface area contributed by atoms with E-state index in [0.717, 1.165) is 19.4 Å². The Balaban J connectivity index is 2.59. The lowest BCUT2D eigenvalue weighted by atomic mass is 10.3. The predicted molar refractivity (Wildman–Crippen MR) is 54.8 cm³/mol. The Kier molecular flexibility index (Phi) is 4.03. The van der Waals surface area contributed by atoms with Crippen LogP contribution in [0, 0.1) is 5.82 Å². The summed E-state index contributed by atoms with van der Waals surface area (Å²) in [6.45, 7) is 2.94. The van der Waals surface area contributed by atoms with Gasteiger partial charge in [0.05, 0.1) is 10.7 Å². The SMILES string of the molecule is CCCCNc1cc(F)ccc1Cl. The van der Waals surface area contributed by atoms with Gasteiger partial charge in [0.1, 0.15) is 5.82 Å². The van der Waals surface area contributed by atoms with Crippen LogP contribution in [-0.4, -0.2) is 6.54 Å². The summed E-state index contributed by atoms with van der Waals surface area (Å²) in [5.74, 6) is -0.261. The van der Waals surface area contributed by atoms with Crippen LogP contribution in [0.2, 0.25) is 5.02 Å². The molecule has 3 heteroatoms. The molecule has 0 aliphatic carbocycles. The largest absolute Gasteiger partial charge is 0.384 e. The van der Waals surface area contributed by atoms with Crippen LogP contribution >= 0.6 is 11.6 Å². The maximum atomic E-state index is 12.8. The van der Waals surface area contributed by atoms with E-state index in [1.165, 1.54) is 12.1 Å². The summed E-state index contributed by atoms with van der Waals surface area (Å²) >= 11 is 5.85. The predicted octanol–water partition coefficient (Wildman–Crippen LogP) is 3.69. The van der Waals surface area contributed by atoms with Gasteiger partial charge in [0, 0.05) is 6.54 Å². The summed E-state index contributed by atoms with van der Waals surface area (Å²) in [5.41, 5.74) is 0.676. The van der Waals surface area contributed by atoms with Gasteiger partial charge in [-0.05, 0) is 24.6 Å². The van der Waals surface area contributed by atoms with Gasteiger partial charge >= 0.3 is 0 Å². The van der Waals surface area contributed by atoms with Gasteiger partial charge in [-0.25, -0.2) is 4.39 Å². The molecule has 1 aromatic rings. The molecular weight excluding hydrogens is 189 g/mol. The molecular formula is C10H13ClFN. The Hall–Kier alpha value is -0.760. The molecule has 1 aromatic carbocycles. The second-order valence-corrected chi connectivity index (χ2v) is 3.31. The van der Waals surface area contributed by atoms with Crippen molar-refractivity contribution in [2.24, 2.45) is 0 Å². The van der Waals surface area contributed by atoms with Crippen molar-refractivity contribution in [3.63, 3.8) is 0 Å². The van der Waals surface area contributed by atoms with Crippen molar-refractivity contribution >= 4 is 17.3 Å². The highest BCUT2D eigenvalue weighted by Crippen LogP contribution is 2.22. The van der Waals surface area contributed by atoms with Crippen molar-refractivity contribution in [1.29, 1.82) is 0 Å². The second kappa shape index (κ2) is 5.07. The maximum Gasteiger partial charge on any atom is 0.125 e. The van der Waals surface area contributed by atoms with Crippen molar-refractivity contribution < 1.29 is 4.39 Å². The average Bonchev–Trinajstić information content (AvgIpc) is 2.11. The summed E-state index contributed by atoms with van der Waals surface area (Å²) in [5, 5.41) is 3.65. The van der Waals surface area contributed by atoms with Gasteiger partial charge in [0.25, 0.3) is 0 Å². The van der Waals surface area contributed by atoms with Crippen LogP contribution in [0.3, 0.4) is 0 Å². The summed E-state index contributed by atoms with van der Waals surface area (Å²) in [4.78, 5) is 0. The number of halogens is 2. The van der Waals surface area contributed by atoms with Crippen molar-refractivity contribution in [3.05, 3.63) is 29.0 Å². The number of anilines is 1. The van der Waals surface area contributed by atoms with Crippen LogP contribution in [0.15, 0.2) is 18.2 Å². The van der Waals surface area contributed by atoms with Crippen molar-refractivity contribution in [2.75, 3.05) is 11.9 Å². The molecule has 0 bridgehead atoms. The summed E-state index contributed by atoms with van der Waals surface area (Å²) in [6.07, 6.45) is 2.17. The van der Waals surface area contributed by atoms with Crippen LogP contribution in [0.5, 0.6) is 0 Å². The number of hydrogen-bond donors (Lipinski definition) is 1. The van der Waals surface area contributed by atoms with E-state index >= 15 is 0 Å². The molecule has 0 aliphatic heterocycles. The van der Waals surface area contributed by atoms with E-state index in [9.17, 15) is 4.39 Å². The highest BCUT2D eigenvalue weighted by atomic mass is 35.5. The van der Waals surface area contributed by atoms with Gasteiger partial charge in [-0.1, -0.05) is 24.9 Å². The standard InChI is InChI=1S/C10H13ClFN/c1-2-3-6-13-10-7-8(12)4-5-9(10)11/h4-5,7,13H,2-3,6H2,1H3. The Bertz CT molecular complexity index is 276. The molecule has 0 fully saturated rings. The lowest BCUT2D eigenvalue weighted by Crippen LogP contribution is -2.01. The maximum absolute atomic E-state index is 12.8. The highest BCUT2D eigenvalue weighted by Gasteiger charge is 2.00. The van der Waals surface area contributed by atoms with E-state index < -0.39 is 0 Å². The van der Waals surface area contributed by atoms with Gasteiger partial charge in [0.2, 0.25) is 0 Å². The van der Waals surface area contributed by atoms with Gasteiger partial charge in [-0.3, -0.25) is 0 Å². The van der Waals surface area contributed by atoms with Crippen LogP contribution in [0.4, 0.5) is 10.1 Å². The molecule has 0 amide bonds. The molecule has 0 aromatic heterocycles. The number of unbranched alkanes of at least 4 members (excludes halogenated alkanes) is 1. The van der Waals surface area contributed by atoms with Crippen molar-refractivity contribution in [2.45, 2.75) is 19.8 Å². The topological polar surface area (TPSA) is 12.0 Å². The van der Waals surface area contributed by atoms with Crippen LogP contribution in [-0.2, 0) is 0 Å². The van der Waals surface area contributed by atoms with Crippen molar-refractivity contribution in [1.82, 2.24) is 0 Å². The molecule has 0 saturated heterocycles. The number of rotatable bonds is 4. The van der Waals surface area contributed by atoms with Crippen LogP contribution in [0.1, 0.15) is 19.8 Å². The third-order valence-electron chi connectivity index (χ3n) is 1.77. The molecule has 72 valence electrons. The van der Waals surface area contributed by atoms with E-state index in [1.807, 2.05) is 0 Å². The molecule has 0 atom stereocenters. The first-order chi connectivity index (χ1) is 6.24. The minimum absolute atomic E-state index is 0.261. The smallest absolute Gasteiger partial charge is 0.125 e. The fraction of sp³-hybridized carbons (Fsp3) is 0.400. The number of hydrogen-bond acceptors (Lipinski definition) is 1.